The number of hydrogen-bond donors (Lipinski definition) is 2. The summed E-state index contributed by atoms with van der Waals surface area (Å²) in [6.07, 6.45) is 3.74. The van der Waals surface area contributed by atoms with Crippen molar-refractivity contribution in [3.63, 3.8) is 0 Å². The lowest BCUT2D eigenvalue weighted by Crippen LogP contribution is -1.93. The van der Waals surface area contributed by atoms with Crippen LogP contribution in [0.1, 0.15) is 0 Å². The molecule has 0 unspecified atom stereocenters. The lowest BCUT2D eigenvalue weighted by molar-refractivity contribution is 0.415. The number of nitrogens with two attached hydrogens (primary N) is 1. The predicted octanol–water partition coefficient (Wildman–Crippen LogP) is 4.55. The Morgan fingerprint density at radius 2 is 2.09 bits per heavy atom. The fourth-order valence-corrected chi connectivity index (χ4v) is 3.87. The van der Waals surface area contributed by atoms with Crippen molar-refractivity contribution in [2.24, 2.45) is 0 Å². The second-order valence-corrected chi connectivity index (χ2v) is 6.11. The molecule has 3 aromatic heterocycles. The minimum absolute atomic E-state index is 0.550. The Kier molecular flexibility index (Phi) is 3.28. The fraction of sp³-hybridized carbons (Fsp3) is 0.0556. The van der Waals surface area contributed by atoms with Crippen LogP contribution in [0.2, 0.25) is 0 Å². The van der Waals surface area contributed by atoms with Gasteiger partial charge in [-0.3, -0.25) is 0 Å². The van der Waals surface area contributed by atoms with E-state index in [2.05, 4.69) is 21.4 Å². The van der Waals surface area contributed by atoms with Crippen LogP contribution in [0, 0.1) is 0 Å². The summed E-state index contributed by atoms with van der Waals surface area (Å²) in [6, 6.07) is 12.0. The first kappa shape index (κ1) is 13.8. The molecule has 0 saturated heterocycles. The highest BCUT2D eigenvalue weighted by Crippen LogP contribution is 2.41. The summed E-state index contributed by atoms with van der Waals surface area (Å²) in [5, 5.41) is 3.12. The molecule has 0 aliphatic carbocycles. The molecule has 4 rings (SSSR count). The Morgan fingerprint density at radius 1 is 1.17 bits per heavy atom. The molecule has 23 heavy (non-hydrogen) atoms. The number of pyridine rings is 1. The van der Waals surface area contributed by atoms with Gasteiger partial charge in [-0.2, -0.15) is 0 Å². The van der Waals surface area contributed by atoms with E-state index in [9.17, 15) is 0 Å². The maximum absolute atomic E-state index is 6.19. The van der Waals surface area contributed by atoms with Crippen LogP contribution in [0.15, 0.2) is 54.2 Å². The Labute approximate surface area is 137 Å². The minimum atomic E-state index is 0.550. The lowest BCUT2D eigenvalue weighted by atomic mass is 10.0. The van der Waals surface area contributed by atoms with Crippen molar-refractivity contribution in [3.05, 3.63) is 54.2 Å². The van der Waals surface area contributed by atoms with Gasteiger partial charge >= 0.3 is 0 Å². The first-order valence-electron chi connectivity index (χ1n) is 7.22. The van der Waals surface area contributed by atoms with Crippen LogP contribution in [-0.4, -0.2) is 17.1 Å². The van der Waals surface area contributed by atoms with Gasteiger partial charge < -0.3 is 15.5 Å². The number of thiophene rings is 1. The lowest BCUT2D eigenvalue weighted by Gasteiger charge is -2.07. The molecule has 0 amide bonds. The molecule has 0 aliphatic heterocycles. The molecule has 1 aromatic carbocycles. The van der Waals surface area contributed by atoms with Crippen LogP contribution in [0.3, 0.4) is 0 Å². The van der Waals surface area contributed by atoms with E-state index >= 15 is 0 Å². The van der Waals surface area contributed by atoms with Gasteiger partial charge in [0.1, 0.15) is 11.6 Å². The molecular formula is C18H15N3OS. The monoisotopic (exact) mass is 321 g/mol. The number of aromatic nitrogens is 2. The number of ether oxygens (including phenoxy) is 1. The van der Waals surface area contributed by atoms with E-state index in [4.69, 9.17) is 10.5 Å². The standard InChI is InChI=1S/C18H15N3OS/c1-22-12-5-2-4-11(8-12)14-10-23-17-13(15-6-3-7-20-15)9-21-18(19)16(14)17/h2-10,20H,1H3,(H2,19,21). The maximum Gasteiger partial charge on any atom is 0.132 e. The molecule has 0 atom stereocenters. The van der Waals surface area contributed by atoms with E-state index < -0.39 is 0 Å². The molecule has 3 heterocycles. The summed E-state index contributed by atoms with van der Waals surface area (Å²) < 4.78 is 6.47. The van der Waals surface area contributed by atoms with Crippen molar-refractivity contribution in [1.29, 1.82) is 0 Å². The predicted molar refractivity (Wildman–Crippen MR) is 95.8 cm³/mol. The average Bonchev–Trinajstić information content (AvgIpc) is 3.25. The number of hydrogen-bond acceptors (Lipinski definition) is 4. The topological polar surface area (TPSA) is 63.9 Å². The number of nitrogen functional groups attached to an aromatic ring is 1. The summed E-state index contributed by atoms with van der Waals surface area (Å²) in [4.78, 5) is 7.64. The highest BCUT2D eigenvalue weighted by Gasteiger charge is 2.15. The van der Waals surface area contributed by atoms with Gasteiger partial charge in [0.25, 0.3) is 0 Å². The van der Waals surface area contributed by atoms with Gasteiger partial charge in [0.15, 0.2) is 0 Å². The molecule has 0 radical (unpaired) electrons. The van der Waals surface area contributed by atoms with Gasteiger partial charge in [0.2, 0.25) is 0 Å². The molecule has 4 nitrogen and oxygen atoms in total. The van der Waals surface area contributed by atoms with Gasteiger partial charge in [-0.05, 0) is 35.2 Å². The number of aromatic amines is 1. The highest BCUT2D eigenvalue weighted by atomic mass is 32.1. The van der Waals surface area contributed by atoms with Crippen LogP contribution < -0.4 is 10.5 Å². The number of benzene rings is 1. The first-order chi connectivity index (χ1) is 11.3. The van der Waals surface area contributed by atoms with Crippen LogP contribution in [0.25, 0.3) is 32.5 Å². The third-order valence-electron chi connectivity index (χ3n) is 3.89. The van der Waals surface area contributed by atoms with Crippen LogP contribution in [-0.2, 0) is 0 Å². The van der Waals surface area contributed by atoms with Gasteiger partial charge in [0.05, 0.1) is 7.11 Å². The average molecular weight is 321 g/mol. The fourth-order valence-electron chi connectivity index (χ4n) is 2.76. The van der Waals surface area contributed by atoms with E-state index in [0.29, 0.717) is 5.82 Å². The van der Waals surface area contributed by atoms with Crippen molar-refractivity contribution < 1.29 is 4.74 Å². The second kappa shape index (κ2) is 5.44. The number of fused-ring (bicyclic) bond motifs is 1. The number of methoxy groups -OCH3 is 1. The van der Waals surface area contributed by atoms with E-state index in [1.807, 2.05) is 42.7 Å². The molecule has 0 saturated carbocycles. The number of rotatable bonds is 3. The molecule has 0 spiro atoms. The summed E-state index contributed by atoms with van der Waals surface area (Å²) in [7, 11) is 1.67. The largest absolute Gasteiger partial charge is 0.497 e. The number of nitrogens with zero attached hydrogens (tertiary/aromatic N) is 1. The zero-order chi connectivity index (χ0) is 15.8. The highest BCUT2D eigenvalue weighted by molar-refractivity contribution is 7.18. The molecule has 0 aliphatic rings. The summed E-state index contributed by atoms with van der Waals surface area (Å²) in [6.45, 7) is 0. The smallest absolute Gasteiger partial charge is 0.132 e. The zero-order valence-corrected chi connectivity index (χ0v) is 13.4. The van der Waals surface area contributed by atoms with Crippen molar-refractivity contribution in [1.82, 2.24) is 9.97 Å². The first-order valence-corrected chi connectivity index (χ1v) is 8.10. The van der Waals surface area contributed by atoms with Crippen molar-refractivity contribution in [2.45, 2.75) is 0 Å². The molecule has 0 fully saturated rings. The van der Waals surface area contributed by atoms with Gasteiger partial charge in [-0.15, -0.1) is 11.3 Å². The van der Waals surface area contributed by atoms with Gasteiger partial charge in [-0.25, -0.2) is 4.98 Å². The van der Waals surface area contributed by atoms with E-state index in [1.54, 1.807) is 18.4 Å². The maximum atomic E-state index is 6.19. The van der Waals surface area contributed by atoms with Gasteiger partial charge in [0, 0.05) is 39.3 Å². The number of H-pyrrole nitrogens is 1. The SMILES string of the molecule is COc1cccc(-c2csc3c(-c4ccc[nH]4)cnc(N)c23)c1. The zero-order valence-electron chi connectivity index (χ0n) is 12.5. The molecule has 114 valence electrons. The molecule has 4 aromatic rings. The molecule has 0 bridgehead atoms. The Balaban J connectivity index is 1.97. The van der Waals surface area contributed by atoms with E-state index in [0.717, 1.165) is 38.2 Å². The second-order valence-electron chi connectivity index (χ2n) is 5.23. The van der Waals surface area contributed by atoms with Crippen molar-refractivity contribution in [3.8, 4) is 28.1 Å². The third kappa shape index (κ3) is 2.26. The quantitative estimate of drug-likeness (QED) is 0.582. The van der Waals surface area contributed by atoms with Crippen LogP contribution in [0.5, 0.6) is 5.75 Å². The van der Waals surface area contributed by atoms with Crippen molar-refractivity contribution >= 4 is 27.2 Å². The van der Waals surface area contributed by atoms with Crippen molar-refractivity contribution in [2.75, 3.05) is 12.8 Å². The number of nitrogens with one attached hydrogen (secondary N) is 1. The summed E-state index contributed by atoms with van der Waals surface area (Å²) in [5.74, 6) is 1.38. The Morgan fingerprint density at radius 3 is 2.87 bits per heavy atom. The molecule has 3 N–H and O–H groups in total. The number of anilines is 1. The summed E-state index contributed by atoms with van der Waals surface area (Å²) >= 11 is 1.68. The van der Waals surface area contributed by atoms with E-state index in [1.165, 1.54) is 0 Å². The molecule has 5 heteroatoms. The Hall–Kier alpha value is -2.79. The van der Waals surface area contributed by atoms with Crippen LogP contribution >= 0.6 is 11.3 Å². The van der Waals surface area contributed by atoms with Gasteiger partial charge in [-0.1, -0.05) is 12.1 Å². The van der Waals surface area contributed by atoms with Crippen LogP contribution in [0.4, 0.5) is 5.82 Å². The Bertz CT molecular complexity index is 973. The van der Waals surface area contributed by atoms with E-state index in [-0.39, 0.29) is 0 Å². The summed E-state index contributed by atoms with van der Waals surface area (Å²) in [5.41, 5.74) is 10.5. The third-order valence-corrected chi connectivity index (χ3v) is 4.91. The minimum Gasteiger partial charge on any atom is -0.497 e. The normalized spacial score (nSPS) is 11.0. The molecular weight excluding hydrogens is 306 g/mol.